The van der Waals surface area contributed by atoms with E-state index in [-0.39, 0.29) is 35.6 Å². The number of ether oxygens (including phenoxy) is 1. The molecule has 2 aromatic heterocycles. The van der Waals surface area contributed by atoms with Gasteiger partial charge in [0.1, 0.15) is 17.0 Å². The molecule has 0 saturated carbocycles. The third-order valence-electron chi connectivity index (χ3n) is 4.66. The molecule has 0 bridgehead atoms. The van der Waals surface area contributed by atoms with E-state index in [1.807, 2.05) is 32.2 Å². The monoisotopic (exact) mass is 512 g/mol. The van der Waals surface area contributed by atoms with E-state index in [9.17, 15) is 14.7 Å². The first-order chi connectivity index (χ1) is 16.7. The number of amides is 1. The summed E-state index contributed by atoms with van der Waals surface area (Å²) in [6, 6.07) is 10.4. The van der Waals surface area contributed by atoms with Crippen LogP contribution in [0.15, 0.2) is 41.8 Å². The van der Waals surface area contributed by atoms with Crippen LogP contribution in [-0.4, -0.2) is 45.2 Å². The number of hydrogen-bond donors (Lipinski definition) is 1. The Morgan fingerprint density at radius 2 is 1.72 bits per heavy atom. The number of thiophene rings is 1. The molecule has 3 rings (SSSR count). The SMILES string of the molecule is CC(C)(C)CN(Cc1csc(CC(=O)OC(C)(C)C)c1)C(=O)c1ccc2cc(O)ccc2n1.O=C=O. The molecule has 0 atom stereocenters. The molecule has 9 heteroatoms. The Kier molecular flexibility index (Phi) is 9.50. The summed E-state index contributed by atoms with van der Waals surface area (Å²) in [6.07, 6.45) is 0.466. The first-order valence-corrected chi connectivity index (χ1v) is 12.3. The lowest BCUT2D eigenvalue weighted by atomic mass is 9.95. The molecule has 0 saturated heterocycles. The van der Waals surface area contributed by atoms with E-state index in [1.165, 1.54) is 11.3 Å². The number of hydrogen-bond acceptors (Lipinski definition) is 8. The van der Waals surface area contributed by atoms with Crippen LogP contribution in [0.25, 0.3) is 10.9 Å². The number of benzene rings is 1. The third kappa shape index (κ3) is 9.24. The number of phenolic OH excluding ortho intramolecular Hbond substituents is 1. The average Bonchev–Trinajstić information content (AvgIpc) is 3.17. The molecular weight excluding hydrogens is 480 g/mol. The van der Waals surface area contributed by atoms with Gasteiger partial charge in [-0.25, -0.2) is 4.98 Å². The van der Waals surface area contributed by atoms with Crippen molar-refractivity contribution in [3.8, 4) is 5.75 Å². The van der Waals surface area contributed by atoms with Crippen LogP contribution in [0.5, 0.6) is 5.75 Å². The van der Waals surface area contributed by atoms with Crippen LogP contribution < -0.4 is 0 Å². The van der Waals surface area contributed by atoms with Crippen molar-refractivity contribution in [2.75, 3.05) is 6.54 Å². The quantitative estimate of drug-likeness (QED) is 0.463. The zero-order valence-electron chi connectivity index (χ0n) is 21.5. The number of fused-ring (bicyclic) bond motifs is 1. The highest BCUT2D eigenvalue weighted by Gasteiger charge is 2.24. The van der Waals surface area contributed by atoms with Crippen molar-refractivity contribution in [1.82, 2.24) is 9.88 Å². The highest BCUT2D eigenvalue weighted by Crippen LogP contribution is 2.24. The fraction of sp³-hybridized carbons (Fsp3) is 0.407. The van der Waals surface area contributed by atoms with Crippen LogP contribution >= 0.6 is 11.3 Å². The number of nitrogens with zero attached hydrogens (tertiary/aromatic N) is 2. The normalized spacial score (nSPS) is 11.3. The Morgan fingerprint density at radius 1 is 1.06 bits per heavy atom. The number of rotatable bonds is 6. The number of phenols is 1. The number of aromatic nitrogens is 1. The number of esters is 1. The predicted molar refractivity (Wildman–Crippen MR) is 136 cm³/mol. The summed E-state index contributed by atoms with van der Waals surface area (Å²) in [5, 5.41) is 12.4. The minimum atomic E-state index is -0.515. The lowest BCUT2D eigenvalue weighted by Crippen LogP contribution is -2.37. The highest BCUT2D eigenvalue weighted by molar-refractivity contribution is 7.10. The number of aromatic hydroxyl groups is 1. The van der Waals surface area contributed by atoms with Gasteiger partial charge in [-0.05, 0) is 67.5 Å². The Balaban J connectivity index is 0.00000145. The molecule has 3 aromatic rings. The van der Waals surface area contributed by atoms with Crippen LogP contribution in [0.4, 0.5) is 0 Å². The van der Waals surface area contributed by atoms with Gasteiger partial charge in [0.2, 0.25) is 0 Å². The molecule has 0 aliphatic carbocycles. The van der Waals surface area contributed by atoms with Crippen LogP contribution in [0.2, 0.25) is 0 Å². The Hall–Kier alpha value is -3.55. The van der Waals surface area contributed by atoms with Gasteiger partial charge in [0.25, 0.3) is 5.91 Å². The smallest absolute Gasteiger partial charge is 0.373 e. The molecule has 2 heterocycles. The van der Waals surface area contributed by atoms with E-state index < -0.39 is 5.60 Å². The van der Waals surface area contributed by atoms with Crippen LogP contribution in [-0.2, 0) is 32.1 Å². The lowest BCUT2D eigenvalue weighted by Gasteiger charge is -2.29. The van der Waals surface area contributed by atoms with Gasteiger partial charge in [-0.15, -0.1) is 11.3 Å². The van der Waals surface area contributed by atoms with Gasteiger partial charge < -0.3 is 14.7 Å². The lowest BCUT2D eigenvalue weighted by molar-refractivity contribution is -0.191. The largest absolute Gasteiger partial charge is 0.508 e. The molecule has 1 amide bonds. The zero-order chi connectivity index (χ0) is 27.1. The van der Waals surface area contributed by atoms with Crippen molar-refractivity contribution in [2.45, 2.75) is 60.1 Å². The second-order valence-corrected chi connectivity index (χ2v) is 11.6. The van der Waals surface area contributed by atoms with Gasteiger partial charge in [-0.2, -0.15) is 9.59 Å². The van der Waals surface area contributed by atoms with Gasteiger partial charge >= 0.3 is 12.1 Å². The van der Waals surface area contributed by atoms with Crippen molar-refractivity contribution < 1.29 is 29.0 Å². The number of carbonyl (C=O) groups excluding carboxylic acids is 4. The minimum Gasteiger partial charge on any atom is -0.508 e. The summed E-state index contributed by atoms with van der Waals surface area (Å²) in [4.78, 5) is 49.1. The van der Waals surface area contributed by atoms with Crippen LogP contribution in [0.3, 0.4) is 0 Å². The summed E-state index contributed by atoms with van der Waals surface area (Å²) in [5.74, 6) is -0.248. The van der Waals surface area contributed by atoms with Crippen molar-refractivity contribution in [3.63, 3.8) is 0 Å². The highest BCUT2D eigenvalue weighted by atomic mass is 32.1. The molecule has 0 fully saturated rings. The van der Waals surface area contributed by atoms with E-state index in [2.05, 4.69) is 25.8 Å². The van der Waals surface area contributed by atoms with Gasteiger partial charge in [-0.1, -0.05) is 26.8 Å². The van der Waals surface area contributed by atoms with Crippen LogP contribution in [0, 0.1) is 5.41 Å². The molecule has 1 aromatic carbocycles. The fourth-order valence-electron chi connectivity index (χ4n) is 3.51. The Labute approximate surface area is 214 Å². The van der Waals surface area contributed by atoms with Gasteiger partial charge in [0, 0.05) is 23.4 Å². The van der Waals surface area contributed by atoms with Gasteiger partial charge in [-0.3, -0.25) is 9.59 Å². The van der Waals surface area contributed by atoms with Crippen molar-refractivity contribution in [3.05, 3.63) is 57.9 Å². The maximum absolute atomic E-state index is 13.4. The molecule has 8 nitrogen and oxygen atoms in total. The van der Waals surface area contributed by atoms with E-state index in [1.54, 1.807) is 35.2 Å². The Morgan fingerprint density at radius 3 is 2.33 bits per heavy atom. The number of pyridine rings is 1. The fourth-order valence-corrected chi connectivity index (χ4v) is 4.37. The molecule has 0 unspecified atom stereocenters. The molecule has 0 aliphatic rings. The maximum Gasteiger partial charge on any atom is 0.373 e. The summed E-state index contributed by atoms with van der Waals surface area (Å²) in [5.41, 5.74) is 1.37. The van der Waals surface area contributed by atoms with Crippen molar-refractivity contribution in [2.24, 2.45) is 5.41 Å². The standard InChI is InChI=1S/C26H32N2O4S.CO2/c1-25(2,3)16-28(14-17-11-20(33-15-17)13-23(30)32-26(4,5)6)24(31)22-9-7-18-12-19(29)8-10-21(18)27-22;2-1-3/h7-12,15,29H,13-14,16H2,1-6H3;. The molecule has 0 radical (unpaired) electrons. The first-order valence-electron chi connectivity index (χ1n) is 11.4. The second kappa shape index (κ2) is 11.9. The van der Waals surface area contributed by atoms with Crippen molar-refractivity contribution >= 4 is 40.3 Å². The molecule has 36 heavy (non-hydrogen) atoms. The van der Waals surface area contributed by atoms with Gasteiger partial charge in [0.15, 0.2) is 0 Å². The Bertz CT molecular complexity index is 1250. The van der Waals surface area contributed by atoms with E-state index in [4.69, 9.17) is 14.3 Å². The topological polar surface area (TPSA) is 114 Å². The summed E-state index contributed by atoms with van der Waals surface area (Å²) in [6.45, 7) is 12.8. The second-order valence-electron chi connectivity index (χ2n) is 10.6. The van der Waals surface area contributed by atoms with E-state index in [0.717, 1.165) is 15.8 Å². The first kappa shape index (κ1) is 28.7. The number of carbonyl (C=O) groups is 2. The molecule has 0 spiro atoms. The minimum absolute atomic E-state index is 0.104. The molecule has 192 valence electrons. The summed E-state index contributed by atoms with van der Waals surface area (Å²) in [7, 11) is 0. The van der Waals surface area contributed by atoms with Crippen molar-refractivity contribution in [1.29, 1.82) is 0 Å². The van der Waals surface area contributed by atoms with E-state index in [0.29, 0.717) is 24.3 Å². The zero-order valence-corrected chi connectivity index (χ0v) is 22.3. The average molecular weight is 513 g/mol. The van der Waals surface area contributed by atoms with Crippen LogP contribution in [0.1, 0.15) is 62.5 Å². The molecular formula is C27H32N2O6S. The van der Waals surface area contributed by atoms with E-state index >= 15 is 0 Å². The molecule has 1 N–H and O–H groups in total. The van der Waals surface area contributed by atoms with Gasteiger partial charge in [0.05, 0.1) is 11.9 Å². The predicted octanol–water partition coefficient (Wildman–Crippen LogP) is 4.99. The molecule has 0 aliphatic heterocycles. The maximum atomic E-state index is 13.4. The third-order valence-corrected chi connectivity index (χ3v) is 5.65. The summed E-state index contributed by atoms with van der Waals surface area (Å²) >= 11 is 1.50. The summed E-state index contributed by atoms with van der Waals surface area (Å²) < 4.78 is 5.42.